The highest BCUT2D eigenvalue weighted by Crippen LogP contribution is 2.23. The number of amides is 3. The molecule has 1 aromatic carbocycles. The molecule has 124 valence electrons. The number of para-hydroxylation sites is 1. The Morgan fingerprint density at radius 2 is 1.83 bits per heavy atom. The van der Waals surface area contributed by atoms with Gasteiger partial charge in [-0.25, -0.2) is 4.79 Å². The van der Waals surface area contributed by atoms with Gasteiger partial charge in [0.2, 0.25) is 5.91 Å². The van der Waals surface area contributed by atoms with Crippen LogP contribution in [0.15, 0.2) is 24.3 Å². The third-order valence-electron chi connectivity index (χ3n) is 4.71. The van der Waals surface area contributed by atoms with E-state index in [1.807, 2.05) is 29.2 Å². The van der Waals surface area contributed by atoms with Crippen LogP contribution in [-0.4, -0.2) is 36.0 Å². The number of hydrogen-bond acceptors (Lipinski definition) is 2. The molecule has 1 aliphatic carbocycles. The van der Waals surface area contributed by atoms with Crippen molar-refractivity contribution in [3.05, 3.63) is 29.8 Å². The molecule has 0 radical (unpaired) electrons. The minimum atomic E-state index is -0.00936. The zero-order valence-electron chi connectivity index (χ0n) is 13.7. The maximum Gasteiger partial charge on any atom is 0.317 e. The Morgan fingerprint density at radius 3 is 2.48 bits per heavy atom. The van der Waals surface area contributed by atoms with E-state index >= 15 is 0 Å². The minimum absolute atomic E-state index is 0.00936. The quantitative estimate of drug-likeness (QED) is 0.897. The maximum absolute atomic E-state index is 12.5. The second kappa shape index (κ2) is 7.02. The first kappa shape index (κ1) is 15.8. The number of carbonyl (C=O) groups is 2. The average Bonchev–Trinajstić information content (AvgIpc) is 3.39. The number of nitrogens with zero attached hydrogens (tertiary/aromatic N) is 1. The van der Waals surface area contributed by atoms with Gasteiger partial charge in [-0.05, 0) is 43.7 Å². The second-order valence-electron chi connectivity index (χ2n) is 6.49. The fraction of sp³-hybridized carbons (Fsp3) is 0.556. The topological polar surface area (TPSA) is 61.4 Å². The van der Waals surface area contributed by atoms with Gasteiger partial charge in [0.05, 0.1) is 0 Å². The molecule has 1 aromatic rings. The Balaban J connectivity index is 1.50. The lowest BCUT2D eigenvalue weighted by Crippen LogP contribution is -2.46. The SMILES string of the molecule is CCc1ccccc1NC(=O)C1CCN(C(=O)NC2CC2)CC1. The van der Waals surface area contributed by atoms with Crippen LogP contribution in [0.25, 0.3) is 0 Å². The van der Waals surface area contributed by atoms with Crippen molar-refractivity contribution in [1.29, 1.82) is 0 Å². The molecule has 2 aliphatic rings. The highest BCUT2D eigenvalue weighted by Gasteiger charge is 2.30. The van der Waals surface area contributed by atoms with Crippen LogP contribution in [0.1, 0.15) is 38.2 Å². The molecule has 1 saturated carbocycles. The summed E-state index contributed by atoms with van der Waals surface area (Å²) in [5.41, 5.74) is 2.07. The Morgan fingerprint density at radius 1 is 1.13 bits per heavy atom. The fourth-order valence-corrected chi connectivity index (χ4v) is 3.02. The van der Waals surface area contributed by atoms with Crippen molar-refractivity contribution in [3.8, 4) is 0 Å². The third-order valence-corrected chi connectivity index (χ3v) is 4.71. The first-order chi connectivity index (χ1) is 11.2. The van der Waals surface area contributed by atoms with Crippen molar-refractivity contribution in [2.45, 2.75) is 45.1 Å². The number of urea groups is 1. The lowest BCUT2D eigenvalue weighted by atomic mass is 9.95. The lowest BCUT2D eigenvalue weighted by Gasteiger charge is -2.31. The van der Waals surface area contributed by atoms with E-state index in [-0.39, 0.29) is 17.9 Å². The fourth-order valence-electron chi connectivity index (χ4n) is 3.02. The molecule has 0 unspecified atom stereocenters. The van der Waals surface area contributed by atoms with E-state index in [0.717, 1.165) is 43.4 Å². The Hall–Kier alpha value is -2.04. The summed E-state index contributed by atoms with van der Waals surface area (Å²) < 4.78 is 0. The lowest BCUT2D eigenvalue weighted by molar-refractivity contribution is -0.121. The molecule has 1 heterocycles. The van der Waals surface area contributed by atoms with E-state index in [9.17, 15) is 9.59 Å². The average molecular weight is 315 g/mol. The molecule has 23 heavy (non-hydrogen) atoms. The number of rotatable bonds is 4. The number of benzene rings is 1. The summed E-state index contributed by atoms with van der Waals surface area (Å²) in [7, 11) is 0. The molecule has 5 nitrogen and oxygen atoms in total. The summed E-state index contributed by atoms with van der Waals surface area (Å²) in [6.45, 7) is 3.40. The molecule has 2 N–H and O–H groups in total. The largest absolute Gasteiger partial charge is 0.335 e. The summed E-state index contributed by atoms with van der Waals surface area (Å²) in [6.07, 6.45) is 4.57. The summed E-state index contributed by atoms with van der Waals surface area (Å²) in [6, 6.07) is 8.34. The van der Waals surface area contributed by atoms with Crippen molar-refractivity contribution < 1.29 is 9.59 Å². The molecule has 3 amide bonds. The minimum Gasteiger partial charge on any atom is -0.335 e. The monoisotopic (exact) mass is 315 g/mol. The number of aryl methyl sites for hydroxylation is 1. The number of hydrogen-bond donors (Lipinski definition) is 2. The van der Waals surface area contributed by atoms with Gasteiger partial charge in [-0.15, -0.1) is 0 Å². The molecule has 0 aromatic heterocycles. The smallest absolute Gasteiger partial charge is 0.317 e. The van der Waals surface area contributed by atoms with Crippen LogP contribution in [0, 0.1) is 5.92 Å². The first-order valence-corrected chi connectivity index (χ1v) is 8.61. The molecular formula is C18H25N3O2. The van der Waals surface area contributed by atoms with Gasteiger partial charge in [0, 0.05) is 30.7 Å². The van der Waals surface area contributed by atoms with Crippen LogP contribution in [0.3, 0.4) is 0 Å². The highest BCUT2D eigenvalue weighted by atomic mass is 16.2. The predicted molar refractivity (Wildman–Crippen MR) is 90.3 cm³/mol. The molecule has 1 saturated heterocycles. The van der Waals surface area contributed by atoms with Crippen LogP contribution < -0.4 is 10.6 Å². The van der Waals surface area contributed by atoms with Crippen molar-refractivity contribution in [2.24, 2.45) is 5.92 Å². The predicted octanol–water partition coefficient (Wildman–Crippen LogP) is 2.77. The summed E-state index contributed by atoms with van der Waals surface area (Å²) in [4.78, 5) is 26.3. The van der Waals surface area contributed by atoms with E-state index in [1.54, 1.807) is 0 Å². The van der Waals surface area contributed by atoms with Gasteiger partial charge in [0.15, 0.2) is 0 Å². The van der Waals surface area contributed by atoms with Crippen molar-refractivity contribution in [1.82, 2.24) is 10.2 Å². The Kier molecular flexibility index (Phi) is 4.84. The van der Waals surface area contributed by atoms with Gasteiger partial charge in [-0.1, -0.05) is 25.1 Å². The van der Waals surface area contributed by atoms with Gasteiger partial charge in [0.25, 0.3) is 0 Å². The van der Waals surface area contributed by atoms with Crippen molar-refractivity contribution in [3.63, 3.8) is 0 Å². The highest BCUT2D eigenvalue weighted by molar-refractivity contribution is 5.93. The first-order valence-electron chi connectivity index (χ1n) is 8.61. The number of carbonyl (C=O) groups excluding carboxylic acids is 2. The summed E-state index contributed by atoms with van der Waals surface area (Å²) in [5.74, 6) is 0.0676. The zero-order valence-corrected chi connectivity index (χ0v) is 13.7. The Labute approximate surface area is 137 Å². The molecule has 0 bridgehead atoms. The number of likely N-dealkylation sites (tertiary alicyclic amines) is 1. The van der Waals surface area contributed by atoms with Crippen LogP contribution in [0.4, 0.5) is 10.5 Å². The van der Waals surface area contributed by atoms with Gasteiger partial charge in [0.1, 0.15) is 0 Å². The molecule has 1 aliphatic heterocycles. The molecular weight excluding hydrogens is 290 g/mol. The maximum atomic E-state index is 12.5. The van der Waals surface area contributed by atoms with Gasteiger partial charge < -0.3 is 15.5 Å². The van der Waals surface area contributed by atoms with E-state index < -0.39 is 0 Å². The molecule has 0 atom stereocenters. The summed E-state index contributed by atoms with van der Waals surface area (Å²) in [5, 5.41) is 6.07. The van der Waals surface area contributed by atoms with Crippen molar-refractivity contribution in [2.75, 3.05) is 18.4 Å². The van der Waals surface area contributed by atoms with E-state index in [1.165, 1.54) is 0 Å². The van der Waals surface area contributed by atoms with Crippen LogP contribution in [0.2, 0.25) is 0 Å². The normalized spacial score (nSPS) is 18.6. The zero-order chi connectivity index (χ0) is 16.2. The van der Waals surface area contributed by atoms with Crippen LogP contribution in [-0.2, 0) is 11.2 Å². The van der Waals surface area contributed by atoms with E-state index in [0.29, 0.717) is 19.1 Å². The van der Waals surface area contributed by atoms with Gasteiger partial charge >= 0.3 is 6.03 Å². The molecule has 0 spiro atoms. The molecule has 2 fully saturated rings. The molecule has 5 heteroatoms. The van der Waals surface area contributed by atoms with Gasteiger partial charge in [-0.3, -0.25) is 4.79 Å². The van der Waals surface area contributed by atoms with E-state index in [2.05, 4.69) is 17.6 Å². The van der Waals surface area contributed by atoms with Gasteiger partial charge in [-0.2, -0.15) is 0 Å². The van der Waals surface area contributed by atoms with Crippen LogP contribution in [0.5, 0.6) is 0 Å². The number of anilines is 1. The molecule has 3 rings (SSSR count). The van der Waals surface area contributed by atoms with E-state index in [4.69, 9.17) is 0 Å². The summed E-state index contributed by atoms with van der Waals surface area (Å²) >= 11 is 0. The van der Waals surface area contributed by atoms with Crippen molar-refractivity contribution >= 4 is 17.6 Å². The second-order valence-corrected chi connectivity index (χ2v) is 6.49. The third kappa shape index (κ3) is 4.03. The van der Waals surface area contributed by atoms with Crippen LogP contribution >= 0.6 is 0 Å². The number of piperidine rings is 1. The number of nitrogens with one attached hydrogen (secondary N) is 2. The standard InChI is InChI=1S/C18H25N3O2/c1-2-13-5-3-4-6-16(13)20-17(22)14-9-11-21(12-10-14)18(23)19-15-7-8-15/h3-6,14-15H,2,7-12H2,1H3,(H,19,23)(H,20,22). The Bertz CT molecular complexity index is 575.